The molecule has 1 saturated heterocycles. The number of nitrogens with one attached hydrogen (secondary N) is 1. The molecule has 1 heterocycles. The Hall–Kier alpha value is -1.11. The van der Waals surface area contributed by atoms with Crippen molar-refractivity contribution in [1.29, 1.82) is 0 Å². The molecule has 21 heavy (non-hydrogen) atoms. The topological polar surface area (TPSA) is 64.6 Å². The summed E-state index contributed by atoms with van der Waals surface area (Å²) in [7, 11) is -3.50. The Morgan fingerprint density at radius 2 is 2.19 bits per heavy atom. The second-order valence-corrected chi connectivity index (χ2v) is 7.35. The van der Waals surface area contributed by atoms with E-state index in [2.05, 4.69) is 4.72 Å². The number of benzene rings is 1. The highest BCUT2D eigenvalue weighted by molar-refractivity contribution is 7.89. The fourth-order valence-corrected chi connectivity index (χ4v) is 3.42. The molecule has 1 aliphatic heterocycles. The van der Waals surface area contributed by atoms with Crippen molar-refractivity contribution in [3.63, 3.8) is 0 Å². The van der Waals surface area contributed by atoms with Crippen molar-refractivity contribution in [3.8, 4) is 5.75 Å². The number of aryl methyl sites for hydroxylation is 1. The van der Waals surface area contributed by atoms with E-state index in [1.807, 2.05) is 20.8 Å². The molecule has 2 rings (SSSR count). The molecule has 1 fully saturated rings. The van der Waals surface area contributed by atoms with E-state index in [4.69, 9.17) is 9.47 Å². The number of sulfonamides is 1. The molecule has 0 bridgehead atoms. The smallest absolute Gasteiger partial charge is 0.240 e. The fourth-order valence-electron chi connectivity index (χ4n) is 2.27. The average molecular weight is 313 g/mol. The van der Waals surface area contributed by atoms with Gasteiger partial charge < -0.3 is 9.47 Å². The Morgan fingerprint density at radius 1 is 1.43 bits per heavy atom. The summed E-state index contributed by atoms with van der Waals surface area (Å²) in [6.07, 6.45) is 1.95. The predicted molar refractivity (Wildman–Crippen MR) is 81.1 cm³/mol. The standard InChI is InChI=1S/C15H23NO4S/c1-11(2)20-15-7-6-14(9-12(15)3)21(17,18)16-10-13-5-4-8-19-13/h6-7,9,11,13,16H,4-5,8,10H2,1-3H3. The molecule has 0 amide bonds. The Kier molecular flexibility index (Phi) is 5.24. The van der Waals surface area contributed by atoms with Gasteiger partial charge >= 0.3 is 0 Å². The summed E-state index contributed by atoms with van der Waals surface area (Å²) in [5.41, 5.74) is 0.809. The molecule has 1 unspecified atom stereocenters. The highest BCUT2D eigenvalue weighted by Crippen LogP contribution is 2.23. The van der Waals surface area contributed by atoms with Crippen LogP contribution in [0.2, 0.25) is 0 Å². The van der Waals surface area contributed by atoms with Gasteiger partial charge in [-0.1, -0.05) is 0 Å². The molecule has 5 nitrogen and oxygen atoms in total. The van der Waals surface area contributed by atoms with E-state index in [9.17, 15) is 8.42 Å². The number of hydrogen-bond acceptors (Lipinski definition) is 4. The van der Waals surface area contributed by atoms with Gasteiger partial charge in [0, 0.05) is 13.2 Å². The van der Waals surface area contributed by atoms with Crippen LogP contribution in [0.4, 0.5) is 0 Å². The van der Waals surface area contributed by atoms with Gasteiger partial charge in [0.25, 0.3) is 0 Å². The fraction of sp³-hybridized carbons (Fsp3) is 0.600. The zero-order valence-corrected chi connectivity index (χ0v) is 13.6. The van der Waals surface area contributed by atoms with Crippen molar-refractivity contribution in [2.75, 3.05) is 13.2 Å². The van der Waals surface area contributed by atoms with Crippen LogP contribution in [-0.4, -0.2) is 33.8 Å². The monoisotopic (exact) mass is 313 g/mol. The third-order valence-corrected chi connectivity index (χ3v) is 4.77. The molecule has 1 atom stereocenters. The first-order valence-corrected chi connectivity index (χ1v) is 8.75. The minimum Gasteiger partial charge on any atom is -0.491 e. The van der Waals surface area contributed by atoms with Crippen molar-refractivity contribution >= 4 is 10.0 Å². The molecule has 6 heteroatoms. The van der Waals surface area contributed by atoms with Gasteiger partial charge in [-0.2, -0.15) is 0 Å². The van der Waals surface area contributed by atoms with Gasteiger partial charge in [0.05, 0.1) is 17.1 Å². The molecular formula is C15H23NO4S. The first kappa shape index (κ1) is 16.3. The van der Waals surface area contributed by atoms with Gasteiger partial charge in [0.1, 0.15) is 5.75 Å². The van der Waals surface area contributed by atoms with E-state index in [1.165, 1.54) is 0 Å². The summed E-state index contributed by atoms with van der Waals surface area (Å²) in [5.74, 6) is 0.711. The van der Waals surface area contributed by atoms with Gasteiger partial charge in [0.2, 0.25) is 10.0 Å². The molecule has 0 spiro atoms. The third-order valence-electron chi connectivity index (χ3n) is 3.34. The second kappa shape index (κ2) is 6.77. The summed E-state index contributed by atoms with van der Waals surface area (Å²) < 4.78 is 38.2. The minimum atomic E-state index is -3.50. The van der Waals surface area contributed by atoms with Crippen LogP contribution in [0.25, 0.3) is 0 Å². The van der Waals surface area contributed by atoms with E-state index in [-0.39, 0.29) is 17.1 Å². The molecule has 1 aromatic rings. The van der Waals surface area contributed by atoms with Gasteiger partial charge in [-0.15, -0.1) is 0 Å². The lowest BCUT2D eigenvalue weighted by molar-refractivity contribution is 0.114. The van der Waals surface area contributed by atoms with E-state index in [1.54, 1.807) is 18.2 Å². The molecule has 118 valence electrons. The minimum absolute atomic E-state index is 0.00980. The van der Waals surface area contributed by atoms with E-state index < -0.39 is 10.0 Å². The molecule has 1 aliphatic rings. The van der Waals surface area contributed by atoms with Gasteiger partial charge in [0.15, 0.2) is 0 Å². The lowest BCUT2D eigenvalue weighted by atomic mass is 10.2. The predicted octanol–water partition coefficient (Wildman–Crippen LogP) is 2.24. The zero-order valence-electron chi connectivity index (χ0n) is 12.8. The second-order valence-electron chi connectivity index (χ2n) is 5.58. The summed E-state index contributed by atoms with van der Waals surface area (Å²) in [6.45, 7) is 6.76. The van der Waals surface area contributed by atoms with Crippen LogP contribution in [0.1, 0.15) is 32.3 Å². The Balaban J connectivity index is 2.06. The summed E-state index contributed by atoms with van der Waals surface area (Å²) in [4.78, 5) is 0.258. The van der Waals surface area contributed by atoms with Crippen LogP contribution in [-0.2, 0) is 14.8 Å². The zero-order chi connectivity index (χ0) is 15.5. The Labute approximate surface area is 126 Å². The first-order valence-electron chi connectivity index (χ1n) is 7.27. The lowest BCUT2D eigenvalue weighted by Crippen LogP contribution is -2.31. The van der Waals surface area contributed by atoms with Crippen LogP contribution in [0, 0.1) is 6.92 Å². The highest BCUT2D eigenvalue weighted by Gasteiger charge is 2.20. The number of rotatable bonds is 6. The van der Waals surface area contributed by atoms with Crippen molar-refractivity contribution in [3.05, 3.63) is 23.8 Å². The Bertz CT molecular complexity index is 577. The quantitative estimate of drug-likeness (QED) is 0.875. The van der Waals surface area contributed by atoms with Crippen LogP contribution in [0.3, 0.4) is 0 Å². The van der Waals surface area contributed by atoms with E-state index in [0.29, 0.717) is 18.9 Å². The largest absolute Gasteiger partial charge is 0.491 e. The molecular weight excluding hydrogens is 290 g/mol. The normalized spacial score (nSPS) is 19.1. The molecule has 1 aromatic carbocycles. The maximum Gasteiger partial charge on any atom is 0.240 e. The van der Waals surface area contributed by atoms with Crippen molar-refractivity contribution in [1.82, 2.24) is 4.72 Å². The van der Waals surface area contributed by atoms with Crippen molar-refractivity contribution in [2.24, 2.45) is 0 Å². The van der Waals surface area contributed by atoms with Crippen LogP contribution < -0.4 is 9.46 Å². The van der Waals surface area contributed by atoms with Crippen LogP contribution >= 0.6 is 0 Å². The molecule has 0 aliphatic carbocycles. The van der Waals surface area contributed by atoms with Crippen LogP contribution in [0.5, 0.6) is 5.75 Å². The first-order chi connectivity index (χ1) is 9.88. The van der Waals surface area contributed by atoms with Gasteiger partial charge in [-0.3, -0.25) is 0 Å². The Morgan fingerprint density at radius 3 is 2.76 bits per heavy atom. The number of hydrogen-bond donors (Lipinski definition) is 1. The summed E-state index contributed by atoms with van der Waals surface area (Å²) in [5, 5.41) is 0. The summed E-state index contributed by atoms with van der Waals surface area (Å²) >= 11 is 0. The number of ether oxygens (including phenoxy) is 2. The molecule has 0 saturated carbocycles. The van der Waals surface area contributed by atoms with Gasteiger partial charge in [-0.05, 0) is 57.4 Å². The van der Waals surface area contributed by atoms with E-state index >= 15 is 0 Å². The third kappa shape index (κ3) is 4.43. The summed E-state index contributed by atoms with van der Waals surface area (Å²) in [6, 6.07) is 4.91. The molecule has 0 aromatic heterocycles. The van der Waals surface area contributed by atoms with Crippen molar-refractivity contribution < 1.29 is 17.9 Å². The average Bonchev–Trinajstić information content (AvgIpc) is 2.91. The van der Waals surface area contributed by atoms with Crippen LogP contribution in [0.15, 0.2) is 23.1 Å². The van der Waals surface area contributed by atoms with Crippen molar-refractivity contribution in [2.45, 2.75) is 50.7 Å². The highest BCUT2D eigenvalue weighted by atomic mass is 32.2. The SMILES string of the molecule is Cc1cc(S(=O)(=O)NCC2CCCO2)ccc1OC(C)C. The lowest BCUT2D eigenvalue weighted by Gasteiger charge is -2.15. The van der Waals surface area contributed by atoms with E-state index in [0.717, 1.165) is 18.4 Å². The maximum atomic E-state index is 12.3. The van der Waals surface area contributed by atoms with Gasteiger partial charge in [-0.25, -0.2) is 13.1 Å². The molecule has 0 radical (unpaired) electrons. The maximum absolute atomic E-state index is 12.3. The molecule has 1 N–H and O–H groups in total.